The van der Waals surface area contributed by atoms with Gasteiger partial charge < -0.3 is 15.4 Å². The third kappa shape index (κ3) is 9.11. The summed E-state index contributed by atoms with van der Waals surface area (Å²) in [6.45, 7) is 3.94. The maximum absolute atomic E-state index is 11.3. The largest absolute Gasteiger partial charge is 0.374 e. The van der Waals surface area contributed by atoms with E-state index in [9.17, 15) is 8.42 Å². The van der Waals surface area contributed by atoms with E-state index in [2.05, 4.69) is 27.8 Å². The van der Waals surface area contributed by atoms with Gasteiger partial charge in [0.1, 0.15) is 0 Å². The van der Waals surface area contributed by atoms with Gasteiger partial charge in [0.15, 0.2) is 5.96 Å². The Kier molecular flexibility index (Phi) is 11.2. The van der Waals surface area contributed by atoms with Crippen molar-refractivity contribution in [2.75, 3.05) is 20.2 Å². The zero-order chi connectivity index (χ0) is 20.4. The molecule has 0 amide bonds. The van der Waals surface area contributed by atoms with Gasteiger partial charge in [-0.1, -0.05) is 42.5 Å². The van der Waals surface area contributed by atoms with Gasteiger partial charge in [0, 0.05) is 26.7 Å². The van der Waals surface area contributed by atoms with Crippen molar-refractivity contribution in [3.63, 3.8) is 0 Å². The van der Waals surface area contributed by atoms with Crippen molar-refractivity contribution in [3.05, 3.63) is 65.7 Å². The maximum atomic E-state index is 11.3. The molecule has 2 aromatic rings. The molecule has 0 spiro atoms. The molecule has 0 saturated heterocycles. The van der Waals surface area contributed by atoms with Crippen molar-refractivity contribution in [2.24, 2.45) is 10.1 Å². The molecule has 0 aliphatic heterocycles. The summed E-state index contributed by atoms with van der Waals surface area (Å²) < 4.78 is 28.4. The van der Waals surface area contributed by atoms with Crippen LogP contribution in [0.3, 0.4) is 0 Å². The lowest BCUT2D eigenvalue weighted by molar-refractivity contribution is 0.0646. The summed E-state index contributed by atoms with van der Waals surface area (Å²) in [4.78, 5) is 4.28. The summed E-state index contributed by atoms with van der Waals surface area (Å²) in [5.41, 5.74) is 2.09. The maximum Gasteiger partial charge on any atom is 0.238 e. The standard InChI is InChI=1S/C20H28N4O3S.HI/c1-16(18-7-4-3-5-8-18)27-14-6-13-23-20(22-2)24-15-17-9-11-19(12-10-17)28(21,25)26;/h3-5,7-12,16H,6,13-15H2,1-2H3,(H2,21,25,26)(H2,22,23,24);1H. The highest BCUT2D eigenvalue weighted by Crippen LogP contribution is 2.15. The number of sulfonamides is 1. The number of ether oxygens (including phenoxy) is 1. The van der Waals surface area contributed by atoms with Crippen molar-refractivity contribution in [1.82, 2.24) is 10.6 Å². The van der Waals surface area contributed by atoms with Crippen molar-refractivity contribution in [2.45, 2.75) is 30.9 Å². The fourth-order valence-corrected chi connectivity index (χ4v) is 3.08. The van der Waals surface area contributed by atoms with Gasteiger partial charge in [-0.05, 0) is 36.6 Å². The molecule has 29 heavy (non-hydrogen) atoms. The van der Waals surface area contributed by atoms with Gasteiger partial charge in [0.2, 0.25) is 10.0 Å². The summed E-state index contributed by atoms with van der Waals surface area (Å²) in [5.74, 6) is 0.673. The normalized spacial score (nSPS) is 12.7. The number of nitrogens with two attached hydrogens (primary N) is 1. The average molecular weight is 532 g/mol. The summed E-state index contributed by atoms with van der Waals surface area (Å²) in [6.07, 6.45) is 0.917. The van der Waals surface area contributed by atoms with E-state index in [1.165, 1.54) is 17.7 Å². The molecule has 4 N–H and O–H groups in total. The second-order valence-electron chi connectivity index (χ2n) is 6.32. The number of primary sulfonamides is 1. The minimum atomic E-state index is -3.67. The molecule has 2 rings (SSSR count). The second-order valence-corrected chi connectivity index (χ2v) is 7.88. The molecule has 160 valence electrons. The molecule has 0 aliphatic rings. The highest BCUT2D eigenvalue weighted by Gasteiger charge is 2.07. The zero-order valence-corrected chi connectivity index (χ0v) is 19.8. The summed E-state index contributed by atoms with van der Waals surface area (Å²) in [6, 6.07) is 16.6. The van der Waals surface area contributed by atoms with Crippen LogP contribution in [0, 0.1) is 0 Å². The van der Waals surface area contributed by atoms with E-state index < -0.39 is 10.0 Å². The van der Waals surface area contributed by atoms with Crippen LogP contribution in [-0.2, 0) is 21.3 Å². The smallest absolute Gasteiger partial charge is 0.238 e. The molecule has 1 atom stereocenters. The monoisotopic (exact) mass is 532 g/mol. The summed E-state index contributed by atoms with van der Waals surface area (Å²) in [7, 11) is -1.96. The van der Waals surface area contributed by atoms with Crippen molar-refractivity contribution < 1.29 is 13.2 Å². The van der Waals surface area contributed by atoms with Gasteiger partial charge in [-0.25, -0.2) is 13.6 Å². The fraction of sp³-hybridized carbons (Fsp3) is 0.350. The Labute approximate surface area is 190 Å². The van der Waals surface area contributed by atoms with Gasteiger partial charge in [-0.2, -0.15) is 0 Å². The van der Waals surface area contributed by atoms with Gasteiger partial charge in [0.05, 0.1) is 11.0 Å². The average Bonchev–Trinajstić information content (AvgIpc) is 2.70. The van der Waals surface area contributed by atoms with Crippen LogP contribution in [0.4, 0.5) is 0 Å². The van der Waals surface area contributed by atoms with E-state index in [1.54, 1.807) is 19.2 Å². The Hall–Kier alpha value is -1.69. The Morgan fingerprint density at radius 3 is 2.34 bits per heavy atom. The van der Waals surface area contributed by atoms with Crippen LogP contribution >= 0.6 is 24.0 Å². The van der Waals surface area contributed by atoms with E-state index in [4.69, 9.17) is 9.88 Å². The lowest BCUT2D eigenvalue weighted by Crippen LogP contribution is -2.37. The molecule has 0 radical (unpaired) electrons. The number of benzene rings is 2. The van der Waals surface area contributed by atoms with E-state index in [-0.39, 0.29) is 35.0 Å². The number of rotatable bonds is 9. The van der Waals surface area contributed by atoms with Crippen molar-refractivity contribution in [1.29, 1.82) is 0 Å². The molecule has 0 fully saturated rings. The minimum absolute atomic E-state index is 0. The van der Waals surface area contributed by atoms with Crippen LogP contribution in [0.1, 0.15) is 30.6 Å². The number of guanidine groups is 1. The molecule has 0 aromatic heterocycles. The third-order valence-corrected chi connectivity index (χ3v) is 5.12. The third-order valence-electron chi connectivity index (χ3n) is 4.19. The number of nitrogens with one attached hydrogen (secondary N) is 2. The number of hydrogen-bond donors (Lipinski definition) is 3. The van der Waals surface area contributed by atoms with Crippen LogP contribution in [0.5, 0.6) is 0 Å². The van der Waals surface area contributed by atoms with Crippen LogP contribution in [0.2, 0.25) is 0 Å². The molecule has 0 saturated carbocycles. The number of hydrogen-bond acceptors (Lipinski definition) is 4. The molecule has 0 aliphatic carbocycles. The van der Waals surface area contributed by atoms with Crippen LogP contribution in [0.25, 0.3) is 0 Å². The molecule has 0 bridgehead atoms. The highest BCUT2D eigenvalue weighted by atomic mass is 127. The summed E-state index contributed by atoms with van der Waals surface area (Å²) in [5, 5.41) is 11.5. The van der Waals surface area contributed by atoms with Crippen LogP contribution in [0.15, 0.2) is 64.5 Å². The van der Waals surface area contributed by atoms with Crippen molar-refractivity contribution in [3.8, 4) is 0 Å². The Bertz CT molecular complexity index is 859. The van der Waals surface area contributed by atoms with Gasteiger partial charge in [-0.15, -0.1) is 24.0 Å². The first-order valence-corrected chi connectivity index (χ1v) is 10.7. The number of nitrogens with zero attached hydrogens (tertiary/aromatic N) is 1. The first-order valence-electron chi connectivity index (χ1n) is 9.13. The predicted octanol–water partition coefficient (Wildman–Crippen LogP) is 2.78. The van der Waals surface area contributed by atoms with Crippen LogP contribution in [-0.4, -0.2) is 34.6 Å². The SMILES string of the molecule is CN=C(NCCCOC(C)c1ccccc1)NCc1ccc(S(N)(=O)=O)cc1.I. The Morgan fingerprint density at radius 1 is 1.10 bits per heavy atom. The molecule has 9 heteroatoms. The van der Waals surface area contributed by atoms with Gasteiger partial charge >= 0.3 is 0 Å². The van der Waals surface area contributed by atoms with Crippen LogP contribution < -0.4 is 15.8 Å². The second kappa shape index (κ2) is 12.8. The summed E-state index contributed by atoms with van der Waals surface area (Å²) >= 11 is 0. The predicted molar refractivity (Wildman–Crippen MR) is 127 cm³/mol. The Morgan fingerprint density at radius 2 is 1.76 bits per heavy atom. The first-order chi connectivity index (χ1) is 13.4. The first kappa shape index (κ1) is 25.3. The van der Waals surface area contributed by atoms with E-state index >= 15 is 0 Å². The van der Waals surface area contributed by atoms with E-state index in [0.29, 0.717) is 19.1 Å². The zero-order valence-electron chi connectivity index (χ0n) is 16.7. The minimum Gasteiger partial charge on any atom is -0.374 e. The molecular weight excluding hydrogens is 503 g/mol. The number of aliphatic imine (C=N–C) groups is 1. The van der Waals surface area contributed by atoms with Crippen molar-refractivity contribution >= 4 is 40.0 Å². The van der Waals surface area contributed by atoms with E-state index in [0.717, 1.165) is 18.5 Å². The number of halogens is 1. The molecule has 1 unspecified atom stereocenters. The lowest BCUT2D eigenvalue weighted by Gasteiger charge is -2.15. The quantitative estimate of drug-likeness (QED) is 0.199. The Balaban J connectivity index is 0.00000420. The van der Waals surface area contributed by atoms with Gasteiger partial charge in [0.25, 0.3) is 0 Å². The van der Waals surface area contributed by atoms with E-state index in [1.807, 2.05) is 25.1 Å². The topological polar surface area (TPSA) is 106 Å². The molecular formula is C20H29IN4O3S. The molecule has 7 nitrogen and oxygen atoms in total. The van der Waals surface area contributed by atoms with Gasteiger partial charge in [-0.3, -0.25) is 4.99 Å². The fourth-order valence-electron chi connectivity index (χ4n) is 2.56. The molecule has 0 heterocycles. The lowest BCUT2D eigenvalue weighted by atomic mass is 10.1. The highest BCUT2D eigenvalue weighted by molar-refractivity contribution is 14.0. The molecule has 2 aromatic carbocycles.